The van der Waals surface area contributed by atoms with Gasteiger partial charge in [-0.3, -0.25) is 0 Å². The summed E-state index contributed by atoms with van der Waals surface area (Å²) in [4.78, 5) is 2.00. The summed E-state index contributed by atoms with van der Waals surface area (Å²) in [6, 6.07) is 0. The van der Waals surface area contributed by atoms with Gasteiger partial charge in [0.25, 0.3) is 0 Å². The maximum Gasteiger partial charge on any atom is 0.232 e. The van der Waals surface area contributed by atoms with Gasteiger partial charge in [0.2, 0.25) is 7.85 Å². The van der Waals surface area contributed by atoms with Gasteiger partial charge in [-0.2, -0.15) is 0 Å². The number of hydrogen-bond donors (Lipinski definition) is 0. The fourth-order valence-corrected chi connectivity index (χ4v) is 0. The molecule has 0 aromatic rings. The van der Waals surface area contributed by atoms with Crippen molar-refractivity contribution in [3.63, 3.8) is 0 Å². The van der Waals surface area contributed by atoms with Crippen LogP contribution in [0.4, 0.5) is 0 Å². The lowest BCUT2D eigenvalue weighted by Crippen LogP contribution is -1.99. The predicted octanol–water partition coefficient (Wildman–Crippen LogP) is -0.722. The lowest BCUT2D eigenvalue weighted by Gasteiger charge is -1.90. The lowest BCUT2D eigenvalue weighted by molar-refractivity contribution is 0.505. The highest BCUT2D eigenvalue weighted by Gasteiger charge is 1.58. The van der Waals surface area contributed by atoms with Crippen LogP contribution in [0.2, 0.25) is 0 Å². The zero-order valence-electron chi connectivity index (χ0n) is 5.39. The Hall–Kier alpha value is -0.485. The molecule has 0 unspecified atom stereocenters. The number of rotatable bonds is 0. The molecule has 0 aliphatic carbocycles. The third-order valence-corrected chi connectivity index (χ3v) is 0. The van der Waals surface area contributed by atoms with Crippen LogP contribution in [0.15, 0.2) is 0 Å². The summed E-state index contributed by atoms with van der Waals surface area (Å²) < 4.78 is 0. The Bertz CT molecular complexity index is 52.4. The van der Waals surface area contributed by atoms with Crippen LogP contribution in [-0.2, 0) is 0 Å². The van der Waals surface area contributed by atoms with E-state index in [-0.39, 0.29) is 0 Å². The van der Waals surface area contributed by atoms with E-state index >= 15 is 0 Å². The van der Waals surface area contributed by atoms with Crippen LogP contribution < -0.4 is 0 Å². The van der Waals surface area contributed by atoms with Crippen LogP contribution in [0.3, 0.4) is 0 Å². The SMILES string of the molecule is BC#N.CN(C)C. The first kappa shape index (κ1) is 9.72. The fourth-order valence-electron chi connectivity index (χ4n) is 0. The first-order valence-corrected chi connectivity index (χ1v) is 2.07. The van der Waals surface area contributed by atoms with E-state index in [2.05, 4.69) is 0 Å². The maximum absolute atomic E-state index is 7.32. The van der Waals surface area contributed by atoms with E-state index in [1.807, 2.05) is 26.0 Å². The molecule has 0 bridgehead atoms. The molecule has 0 atom stereocenters. The summed E-state index contributed by atoms with van der Waals surface area (Å²) in [6.07, 6.45) is 0. The zero-order chi connectivity index (χ0) is 6.28. The molecule has 7 heavy (non-hydrogen) atoms. The minimum Gasteiger partial charge on any atom is -0.312 e. The van der Waals surface area contributed by atoms with E-state index < -0.39 is 0 Å². The van der Waals surface area contributed by atoms with Crippen molar-refractivity contribution in [2.24, 2.45) is 0 Å². The maximum atomic E-state index is 7.32. The number of nitriles is 1. The van der Waals surface area contributed by atoms with Crippen molar-refractivity contribution in [2.75, 3.05) is 21.1 Å². The first-order chi connectivity index (χ1) is 3.15. The third kappa shape index (κ3) is 290. The normalized spacial score (nSPS) is 6.14. The fraction of sp³-hybridized carbons (Fsp3) is 0.750. The average Bonchev–Trinajstić information content (AvgIpc) is 1.33. The van der Waals surface area contributed by atoms with Gasteiger partial charge >= 0.3 is 0 Å². The van der Waals surface area contributed by atoms with E-state index in [0.717, 1.165) is 0 Å². The highest BCUT2D eigenvalue weighted by molar-refractivity contribution is 6.20. The topological polar surface area (TPSA) is 27.0 Å². The summed E-state index contributed by atoms with van der Waals surface area (Å²) >= 11 is 0. The summed E-state index contributed by atoms with van der Waals surface area (Å²) in [5.74, 6) is 1.75. The van der Waals surface area contributed by atoms with Crippen molar-refractivity contribution in [1.29, 1.82) is 5.26 Å². The van der Waals surface area contributed by atoms with Gasteiger partial charge in [-0.25, -0.2) is 5.26 Å². The second kappa shape index (κ2) is 9.10. The second-order valence-corrected chi connectivity index (χ2v) is 1.57. The first-order valence-electron chi connectivity index (χ1n) is 2.07. The molecule has 0 amide bonds. The van der Waals surface area contributed by atoms with Gasteiger partial charge in [-0.05, 0) is 27.1 Å². The molecule has 2 nitrogen and oxygen atoms in total. The summed E-state index contributed by atoms with van der Waals surface area (Å²) in [7, 11) is 7.43. The summed E-state index contributed by atoms with van der Waals surface area (Å²) in [5, 5.41) is 7.32. The molecule has 0 radical (unpaired) electrons. The van der Waals surface area contributed by atoms with Gasteiger partial charge in [-0.1, -0.05) is 0 Å². The third-order valence-electron chi connectivity index (χ3n) is 0. The molecule has 0 rings (SSSR count). The molecule has 0 heterocycles. The Kier molecular flexibility index (Phi) is 12.6. The average molecular weight is 98.0 g/mol. The molecule has 0 aromatic heterocycles. The molecular formula is C4H11BN2. The number of nitrogens with zero attached hydrogens (tertiary/aromatic N) is 2. The Labute approximate surface area is 46.1 Å². The van der Waals surface area contributed by atoms with Crippen LogP contribution in [0.25, 0.3) is 0 Å². The zero-order valence-corrected chi connectivity index (χ0v) is 5.39. The molecule has 0 spiro atoms. The van der Waals surface area contributed by atoms with E-state index in [1.54, 1.807) is 5.97 Å². The molecule has 0 aliphatic rings. The second-order valence-electron chi connectivity index (χ2n) is 1.57. The van der Waals surface area contributed by atoms with Crippen LogP contribution in [0.5, 0.6) is 0 Å². The molecule has 0 aliphatic heterocycles. The highest BCUT2D eigenvalue weighted by Crippen LogP contribution is 1.47. The minimum atomic E-state index is 1.43. The molecule has 40 valence electrons. The van der Waals surface area contributed by atoms with Crippen molar-refractivity contribution in [3.05, 3.63) is 0 Å². The Morgan fingerprint density at radius 3 is 1.43 bits per heavy atom. The van der Waals surface area contributed by atoms with Crippen LogP contribution >= 0.6 is 0 Å². The molecule has 0 N–H and O–H groups in total. The van der Waals surface area contributed by atoms with E-state index in [9.17, 15) is 0 Å². The molecule has 0 saturated carbocycles. The minimum absolute atomic E-state index is 1.43. The Morgan fingerprint density at radius 2 is 1.43 bits per heavy atom. The van der Waals surface area contributed by atoms with Gasteiger partial charge in [0.1, 0.15) is 0 Å². The van der Waals surface area contributed by atoms with Gasteiger partial charge in [0, 0.05) is 0 Å². The van der Waals surface area contributed by atoms with Crippen molar-refractivity contribution in [2.45, 2.75) is 0 Å². The standard InChI is InChI=1S/C3H9N.CH2BN/c1-4(2)3;2-1-3/h1-3H3;2H2. The lowest BCUT2D eigenvalue weighted by atomic mass is 10.2. The monoisotopic (exact) mass is 98.1 g/mol. The summed E-state index contributed by atoms with van der Waals surface area (Å²) in [5.41, 5.74) is 0. The van der Waals surface area contributed by atoms with Crippen molar-refractivity contribution in [1.82, 2.24) is 4.90 Å². The van der Waals surface area contributed by atoms with Crippen molar-refractivity contribution >= 4 is 7.85 Å². The van der Waals surface area contributed by atoms with Crippen LogP contribution in [-0.4, -0.2) is 33.9 Å². The smallest absolute Gasteiger partial charge is 0.232 e. The van der Waals surface area contributed by atoms with Crippen molar-refractivity contribution < 1.29 is 0 Å². The molecule has 0 fully saturated rings. The number of hydrogen-bond acceptors (Lipinski definition) is 2. The molecular weight excluding hydrogens is 86.9 g/mol. The van der Waals surface area contributed by atoms with Crippen LogP contribution in [0.1, 0.15) is 0 Å². The van der Waals surface area contributed by atoms with Crippen molar-refractivity contribution in [3.8, 4) is 5.97 Å². The van der Waals surface area contributed by atoms with Gasteiger partial charge in [0.15, 0.2) is 0 Å². The van der Waals surface area contributed by atoms with E-state index in [4.69, 9.17) is 5.26 Å². The quantitative estimate of drug-likeness (QED) is 0.374. The van der Waals surface area contributed by atoms with Gasteiger partial charge in [0.05, 0.1) is 0 Å². The predicted molar refractivity (Wildman–Crippen MR) is 33.8 cm³/mol. The van der Waals surface area contributed by atoms with Crippen LogP contribution in [0, 0.1) is 11.2 Å². The largest absolute Gasteiger partial charge is 0.312 e. The van der Waals surface area contributed by atoms with E-state index in [1.165, 1.54) is 7.85 Å². The summed E-state index contributed by atoms with van der Waals surface area (Å²) in [6.45, 7) is 0. The Morgan fingerprint density at radius 1 is 1.43 bits per heavy atom. The molecule has 3 heteroatoms. The van der Waals surface area contributed by atoms with Gasteiger partial charge in [-0.15, -0.1) is 0 Å². The van der Waals surface area contributed by atoms with E-state index in [0.29, 0.717) is 0 Å². The highest BCUT2D eigenvalue weighted by atomic mass is 15.0. The Balaban J connectivity index is 0. The molecule has 0 aromatic carbocycles. The van der Waals surface area contributed by atoms with Gasteiger partial charge < -0.3 is 4.90 Å². The molecule has 0 saturated heterocycles.